The van der Waals surface area contributed by atoms with Gasteiger partial charge in [-0.05, 0) is 24.5 Å². The molecule has 5 rings (SSSR count). The van der Waals surface area contributed by atoms with Crippen molar-refractivity contribution < 1.29 is 13.2 Å². The Bertz CT molecular complexity index is 1330. The van der Waals surface area contributed by atoms with Crippen molar-refractivity contribution in [1.29, 1.82) is 0 Å². The first-order valence-electron chi connectivity index (χ1n) is 10.6. The molecule has 172 valence electrons. The van der Waals surface area contributed by atoms with E-state index in [1.165, 1.54) is 27.0 Å². The Balaban J connectivity index is 1.45. The maximum absolute atomic E-state index is 13.1. The molecule has 0 N–H and O–H groups in total. The van der Waals surface area contributed by atoms with Crippen LogP contribution in [0.5, 0.6) is 0 Å². The van der Waals surface area contributed by atoms with Crippen LogP contribution in [0.3, 0.4) is 0 Å². The Labute approximate surface area is 193 Å². The summed E-state index contributed by atoms with van der Waals surface area (Å²) in [6.45, 7) is 7.63. The van der Waals surface area contributed by atoms with E-state index >= 15 is 0 Å². The second-order valence-electron chi connectivity index (χ2n) is 8.56. The van der Waals surface area contributed by atoms with Crippen LogP contribution in [0.25, 0.3) is 16.4 Å². The number of hydrogen-bond acceptors (Lipinski definition) is 5. The molecule has 0 saturated carbocycles. The lowest BCUT2D eigenvalue weighted by molar-refractivity contribution is -0.140. The van der Waals surface area contributed by atoms with E-state index in [1.54, 1.807) is 13.2 Å². The second-order valence-corrected chi connectivity index (χ2v) is 9.57. The number of fused-ring (bicyclic) bond motifs is 1. The Morgan fingerprint density at radius 3 is 2.58 bits per heavy atom. The minimum atomic E-state index is -4.48. The maximum atomic E-state index is 13.1. The molecule has 0 radical (unpaired) electrons. The highest BCUT2D eigenvalue weighted by Gasteiger charge is 2.35. The molecule has 10 heteroatoms. The summed E-state index contributed by atoms with van der Waals surface area (Å²) >= 11 is 1.35. The lowest BCUT2D eigenvalue weighted by Gasteiger charge is -2.17. The number of halogens is 3. The number of benzene rings is 1. The molecular formula is C23H23F3N6S. The van der Waals surface area contributed by atoms with E-state index in [1.807, 2.05) is 23.7 Å². The molecule has 0 unspecified atom stereocenters. The zero-order valence-electron chi connectivity index (χ0n) is 18.7. The van der Waals surface area contributed by atoms with Crippen molar-refractivity contribution in [3.8, 4) is 16.4 Å². The van der Waals surface area contributed by atoms with Gasteiger partial charge in [-0.1, -0.05) is 43.4 Å². The van der Waals surface area contributed by atoms with Gasteiger partial charge in [0.2, 0.25) is 0 Å². The van der Waals surface area contributed by atoms with Gasteiger partial charge in [0.1, 0.15) is 0 Å². The quantitative estimate of drug-likeness (QED) is 0.382. The van der Waals surface area contributed by atoms with Gasteiger partial charge in [0, 0.05) is 25.4 Å². The van der Waals surface area contributed by atoms with Crippen LogP contribution in [0.2, 0.25) is 0 Å². The second kappa shape index (κ2) is 7.72. The third kappa shape index (κ3) is 3.72. The van der Waals surface area contributed by atoms with Gasteiger partial charge >= 0.3 is 6.18 Å². The fourth-order valence-corrected chi connectivity index (χ4v) is 5.20. The number of thiazole rings is 1. The number of aromatic nitrogens is 5. The van der Waals surface area contributed by atoms with Crippen LogP contribution in [0.15, 0.2) is 36.7 Å². The Morgan fingerprint density at radius 2 is 1.88 bits per heavy atom. The largest absolute Gasteiger partial charge is 0.434 e. The third-order valence-corrected chi connectivity index (χ3v) is 6.97. The fraction of sp³-hybridized carbons (Fsp3) is 0.348. The summed E-state index contributed by atoms with van der Waals surface area (Å²) in [5.41, 5.74) is 4.67. The number of anilines is 1. The molecule has 1 aromatic carbocycles. The monoisotopic (exact) mass is 472 g/mol. The van der Waals surface area contributed by atoms with Gasteiger partial charge in [0.15, 0.2) is 16.6 Å². The van der Waals surface area contributed by atoms with E-state index in [4.69, 9.17) is 5.10 Å². The predicted octanol–water partition coefficient (Wildman–Crippen LogP) is 5.70. The molecule has 1 aliphatic heterocycles. The maximum Gasteiger partial charge on any atom is 0.434 e. The van der Waals surface area contributed by atoms with Crippen molar-refractivity contribution in [3.05, 3.63) is 64.9 Å². The average Bonchev–Trinajstić information content (AvgIpc) is 3.51. The molecule has 6 nitrogen and oxygen atoms in total. The van der Waals surface area contributed by atoms with Crippen LogP contribution in [-0.2, 0) is 26.3 Å². The minimum Gasteiger partial charge on any atom is -0.338 e. The van der Waals surface area contributed by atoms with Gasteiger partial charge in [0.25, 0.3) is 0 Å². The van der Waals surface area contributed by atoms with E-state index in [9.17, 15) is 13.2 Å². The van der Waals surface area contributed by atoms with Crippen LogP contribution in [0.4, 0.5) is 18.3 Å². The summed E-state index contributed by atoms with van der Waals surface area (Å²) in [4.78, 5) is 11.0. The molecule has 33 heavy (non-hydrogen) atoms. The molecule has 0 spiro atoms. The highest BCUT2D eigenvalue weighted by Crippen LogP contribution is 2.38. The Kier molecular flexibility index (Phi) is 5.08. The van der Waals surface area contributed by atoms with Crippen molar-refractivity contribution in [1.82, 2.24) is 24.3 Å². The average molecular weight is 473 g/mol. The number of rotatable bonds is 4. The van der Waals surface area contributed by atoms with Crippen molar-refractivity contribution >= 4 is 16.5 Å². The van der Waals surface area contributed by atoms with Gasteiger partial charge < -0.3 is 9.47 Å². The molecule has 3 aromatic heterocycles. The molecule has 4 aromatic rings. The van der Waals surface area contributed by atoms with Gasteiger partial charge in [-0.2, -0.15) is 18.3 Å². The molecular weight excluding hydrogens is 449 g/mol. The molecule has 0 fully saturated rings. The number of hydrogen-bond donors (Lipinski definition) is 0. The van der Waals surface area contributed by atoms with Crippen molar-refractivity contribution in [2.45, 2.75) is 46.0 Å². The van der Waals surface area contributed by atoms with E-state index in [0.29, 0.717) is 23.9 Å². The van der Waals surface area contributed by atoms with Crippen LogP contribution < -0.4 is 4.90 Å². The number of alkyl halides is 3. The standard InChI is InChI=1S/C23H23F3N6S/c1-13(2)15-7-5-6-8-17(15)32-18-11-31(10-16(18)14(3)29-32)22-27-9-19(33-22)21-28-20(12-30(21)4)23(24,25)26/h5-9,12-13H,10-11H2,1-4H3. The summed E-state index contributed by atoms with van der Waals surface area (Å²) in [6.07, 6.45) is -1.88. The number of imidazole rings is 1. The van der Waals surface area contributed by atoms with Crippen LogP contribution >= 0.6 is 11.3 Å². The minimum absolute atomic E-state index is 0.260. The first kappa shape index (κ1) is 21.7. The molecule has 0 amide bonds. The smallest absolute Gasteiger partial charge is 0.338 e. The molecule has 0 aliphatic carbocycles. The van der Waals surface area contributed by atoms with Crippen molar-refractivity contribution in [2.24, 2.45) is 7.05 Å². The highest BCUT2D eigenvalue weighted by molar-refractivity contribution is 7.18. The van der Waals surface area contributed by atoms with Gasteiger partial charge in [-0.3, -0.25) is 0 Å². The van der Waals surface area contributed by atoms with Gasteiger partial charge in [0.05, 0.1) is 34.7 Å². The van der Waals surface area contributed by atoms with Gasteiger partial charge in [-0.25, -0.2) is 14.6 Å². The SMILES string of the molecule is Cc1nn(-c2ccccc2C(C)C)c2c1CN(c1ncc(-c3nc(C(F)(F)F)cn3C)s1)C2. The zero-order valence-corrected chi connectivity index (χ0v) is 19.5. The molecule has 1 aliphatic rings. The first-order chi connectivity index (χ1) is 15.6. The number of para-hydroxylation sites is 1. The molecule has 0 saturated heterocycles. The summed E-state index contributed by atoms with van der Waals surface area (Å²) in [5.74, 6) is 0.621. The fourth-order valence-electron chi connectivity index (χ4n) is 4.25. The summed E-state index contributed by atoms with van der Waals surface area (Å²) in [7, 11) is 1.56. The van der Waals surface area contributed by atoms with Crippen molar-refractivity contribution in [3.63, 3.8) is 0 Å². The summed E-state index contributed by atoms with van der Waals surface area (Å²) < 4.78 is 42.6. The normalized spacial score (nSPS) is 13.9. The van der Waals surface area contributed by atoms with Crippen LogP contribution in [0.1, 0.15) is 48.0 Å². The summed E-state index contributed by atoms with van der Waals surface area (Å²) in [5, 5.41) is 5.57. The van der Waals surface area contributed by atoms with E-state index in [2.05, 4.69) is 40.8 Å². The number of nitrogens with zero attached hydrogens (tertiary/aromatic N) is 6. The highest BCUT2D eigenvalue weighted by atomic mass is 32.1. The first-order valence-corrected chi connectivity index (χ1v) is 11.4. The van der Waals surface area contributed by atoms with E-state index < -0.39 is 11.9 Å². The zero-order chi connectivity index (χ0) is 23.5. The lowest BCUT2D eigenvalue weighted by atomic mass is 10.0. The van der Waals surface area contributed by atoms with Crippen LogP contribution in [0, 0.1) is 6.92 Å². The molecule has 4 heterocycles. The van der Waals surface area contributed by atoms with Crippen LogP contribution in [-0.4, -0.2) is 24.3 Å². The molecule has 0 bridgehead atoms. The lowest BCUT2D eigenvalue weighted by Crippen LogP contribution is -2.17. The summed E-state index contributed by atoms with van der Waals surface area (Å²) in [6, 6.07) is 8.28. The van der Waals surface area contributed by atoms with E-state index in [-0.39, 0.29) is 5.82 Å². The Hall–Kier alpha value is -3.14. The topological polar surface area (TPSA) is 51.8 Å². The van der Waals surface area contributed by atoms with E-state index in [0.717, 1.165) is 28.4 Å². The van der Waals surface area contributed by atoms with Crippen molar-refractivity contribution in [2.75, 3.05) is 4.90 Å². The number of aryl methyl sites for hydroxylation is 2. The van der Waals surface area contributed by atoms with Gasteiger partial charge in [-0.15, -0.1) is 0 Å². The predicted molar refractivity (Wildman–Crippen MR) is 122 cm³/mol. The Morgan fingerprint density at radius 1 is 1.12 bits per heavy atom. The third-order valence-electron chi connectivity index (χ3n) is 5.92. The molecule has 0 atom stereocenters.